The Morgan fingerprint density at radius 3 is 2.93 bits per heavy atom. The zero-order valence-electron chi connectivity index (χ0n) is 7.24. The molecule has 0 fully saturated rings. The highest BCUT2D eigenvalue weighted by molar-refractivity contribution is 14.1. The fourth-order valence-corrected chi connectivity index (χ4v) is 1.97. The van der Waals surface area contributed by atoms with Gasteiger partial charge in [-0.25, -0.2) is 9.97 Å². The van der Waals surface area contributed by atoms with Crippen LogP contribution in [0.5, 0.6) is 0 Å². The van der Waals surface area contributed by atoms with Gasteiger partial charge in [0.1, 0.15) is 0 Å². The third-order valence-electron chi connectivity index (χ3n) is 1.58. The van der Waals surface area contributed by atoms with Crippen LogP contribution in [-0.4, -0.2) is 15.0 Å². The first kappa shape index (κ1) is 9.78. The van der Waals surface area contributed by atoms with Gasteiger partial charge in [0.2, 0.25) is 0 Å². The summed E-state index contributed by atoms with van der Waals surface area (Å²) in [6.45, 7) is 1.91. The van der Waals surface area contributed by atoms with Crippen molar-refractivity contribution in [2.75, 3.05) is 0 Å². The molecule has 0 saturated carbocycles. The van der Waals surface area contributed by atoms with Gasteiger partial charge < -0.3 is 4.98 Å². The van der Waals surface area contributed by atoms with Gasteiger partial charge in [-0.15, -0.1) is 11.3 Å². The lowest BCUT2D eigenvalue weighted by Crippen LogP contribution is -2.11. The average Bonchev–Trinajstić information content (AvgIpc) is 2.57. The molecular weight excluding hydrogens is 313 g/mol. The van der Waals surface area contributed by atoms with E-state index in [1.165, 1.54) is 11.3 Å². The van der Waals surface area contributed by atoms with Gasteiger partial charge in [-0.1, -0.05) is 0 Å². The summed E-state index contributed by atoms with van der Waals surface area (Å²) >= 11 is 3.41. The Kier molecular flexibility index (Phi) is 2.64. The number of rotatable bonds is 1. The molecule has 2 heterocycles. The van der Waals surface area contributed by atoms with Crippen LogP contribution < -0.4 is 5.56 Å². The number of aromatic amines is 1. The van der Waals surface area contributed by atoms with Crippen LogP contribution in [0.2, 0.25) is 0 Å². The number of nitrogens with one attached hydrogen (secondary N) is 1. The van der Waals surface area contributed by atoms with Crippen LogP contribution in [0.1, 0.15) is 5.69 Å². The summed E-state index contributed by atoms with van der Waals surface area (Å²) in [7, 11) is 0. The van der Waals surface area contributed by atoms with Gasteiger partial charge in [0.05, 0.1) is 3.57 Å². The maximum atomic E-state index is 11.3. The van der Waals surface area contributed by atoms with Crippen LogP contribution in [-0.2, 0) is 0 Å². The Balaban J connectivity index is 2.53. The molecule has 6 heteroatoms. The number of aryl methyl sites for hydroxylation is 1. The number of nitrogens with zero attached hydrogens (tertiary/aromatic N) is 2. The monoisotopic (exact) mass is 319 g/mol. The van der Waals surface area contributed by atoms with E-state index in [0.29, 0.717) is 9.39 Å². The predicted molar refractivity (Wildman–Crippen MR) is 63.4 cm³/mol. The van der Waals surface area contributed by atoms with Crippen molar-refractivity contribution >= 4 is 33.9 Å². The van der Waals surface area contributed by atoms with Crippen LogP contribution in [0, 0.1) is 10.5 Å². The van der Waals surface area contributed by atoms with Crippen LogP contribution in [0.4, 0.5) is 0 Å². The molecule has 14 heavy (non-hydrogen) atoms. The molecule has 2 aromatic heterocycles. The van der Waals surface area contributed by atoms with Gasteiger partial charge in [0.15, 0.2) is 10.8 Å². The molecule has 0 aliphatic carbocycles. The number of aromatic nitrogens is 3. The van der Waals surface area contributed by atoms with Gasteiger partial charge in [0.25, 0.3) is 5.56 Å². The van der Waals surface area contributed by atoms with E-state index in [9.17, 15) is 4.79 Å². The second kappa shape index (κ2) is 3.77. The molecule has 1 N–H and O–H groups in total. The van der Waals surface area contributed by atoms with Gasteiger partial charge in [-0.3, -0.25) is 4.79 Å². The molecule has 0 bridgehead atoms. The van der Waals surface area contributed by atoms with E-state index in [4.69, 9.17) is 0 Å². The van der Waals surface area contributed by atoms with Crippen molar-refractivity contribution in [2.24, 2.45) is 0 Å². The normalized spacial score (nSPS) is 10.4. The first-order valence-corrected chi connectivity index (χ1v) is 5.80. The molecule has 0 unspecified atom stereocenters. The van der Waals surface area contributed by atoms with Crippen LogP contribution in [0.3, 0.4) is 0 Å². The van der Waals surface area contributed by atoms with Gasteiger partial charge in [0, 0.05) is 17.3 Å². The summed E-state index contributed by atoms with van der Waals surface area (Å²) in [6.07, 6.45) is 1.55. The molecule has 0 atom stereocenters. The lowest BCUT2D eigenvalue weighted by atomic mass is 10.5. The van der Waals surface area contributed by atoms with Crippen molar-refractivity contribution in [1.82, 2.24) is 15.0 Å². The summed E-state index contributed by atoms with van der Waals surface area (Å²) in [5, 5.41) is 2.67. The summed E-state index contributed by atoms with van der Waals surface area (Å²) in [6, 6.07) is 0. The van der Waals surface area contributed by atoms with Crippen molar-refractivity contribution in [3.8, 4) is 10.8 Å². The number of hydrogen-bond donors (Lipinski definition) is 1. The van der Waals surface area contributed by atoms with E-state index in [1.807, 2.05) is 34.9 Å². The molecule has 0 amide bonds. The Morgan fingerprint density at radius 1 is 1.57 bits per heavy atom. The van der Waals surface area contributed by atoms with Crippen LogP contribution in [0.15, 0.2) is 16.4 Å². The van der Waals surface area contributed by atoms with E-state index < -0.39 is 0 Å². The minimum atomic E-state index is -0.122. The highest BCUT2D eigenvalue weighted by Gasteiger charge is 2.05. The Labute approximate surface area is 97.6 Å². The highest BCUT2D eigenvalue weighted by Crippen LogP contribution is 2.18. The number of thiazole rings is 1. The van der Waals surface area contributed by atoms with Crippen LogP contribution >= 0.6 is 33.9 Å². The second-order valence-electron chi connectivity index (χ2n) is 2.70. The SMILES string of the molecule is Cc1csc(-c2ncc(I)c(=O)[nH]2)n1. The zero-order valence-corrected chi connectivity index (χ0v) is 10.2. The van der Waals surface area contributed by atoms with Crippen molar-refractivity contribution in [3.63, 3.8) is 0 Å². The number of hydrogen-bond acceptors (Lipinski definition) is 4. The van der Waals surface area contributed by atoms with Crippen LogP contribution in [0.25, 0.3) is 10.8 Å². The molecule has 0 aliphatic rings. The molecule has 0 spiro atoms. The first-order chi connectivity index (χ1) is 6.66. The van der Waals surface area contributed by atoms with Gasteiger partial charge >= 0.3 is 0 Å². The van der Waals surface area contributed by atoms with E-state index in [1.54, 1.807) is 6.20 Å². The fourth-order valence-electron chi connectivity index (χ4n) is 0.951. The molecule has 4 nitrogen and oxygen atoms in total. The summed E-state index contributed by atoms with van der Waals surface area (Å²) in [4.78, 5) is 22.3. The van der Waals surface area contributed by atoms with Crippen molar-refractivity contribution in [2.45, 2.75) is 6.92 Å². The molecular formula is C8H6IN3OS. The predicted octanol–water partition coefficient (Wildman–Crippen LogP) is 1.81. The molecule has 2 aromatic rings. The zero-order chi connectivity index (χ0) is 10.1. The first-order valence-electron chi connectivity index (χ1n) is 3.84. The van der Waals surface area contributed by atoms with Crippen molar-refractivity contribution < 1.29 is 0 Å². The Morgan fingerprint density at radius 2 is 2.36 bits per heavy atom. The third kappa shape index (κ3) is 1.85. The fraction of sp³-hybridized carbons (Fsp3) is 0.125. The minimum absolute atomic E-state index is 0.122. The Hall–Kier alpha value is -0.760. The quantitative estimate of drug-likeness (QED) is 0.816. The smallest absolute Gasteiger partial charge is 0.264 e. The number of H-pyrrole nitrogens is 1. The molecule has 0 saturated heterocycles. The van der Waals surface area contributed by atoms with Gasteiger partial charge in [-0.2, -0.15) is 0 Å². The van der Waals surface area contributed by atoms with Crippen molar-refractivity contribution in [3.05, 3.63) is 31.2 Å². The molecule has 0 aromatic carbocycles. The summed E-state index contributed by atoms with van der Waals surface area (Å²) in [5.74, 6) is 0.536. The molecule has 0 radical (unpaired) electrons. The lowest BCUT2D eigenvalue weighted by Gasteiger charge is -1.94. The molecule has 2 rings (SSSR count). The minimum Gasteiger partial charge on any atom is -0.304 e. The highest BCUT2D eigenvalue weighted by atomic mass is 127. The maximum absolute atomic E-state index is 11.3. The summed E-state index contributed by atoms with van der Waals surface area (Å²) in [5.41, 5.74) is 0.814. The summed E-state index contributed by atoms with van der Waals surface area (Å²) < 4.78 is 0.583. The number of halogens is 1. The largest absolute Gasteiger partial charge is 0.304 e. The topological polar surface area (TPSA) is 58.6 Å². The van der Waals surface area contributed by atoms with E-state index in [2.05, 4.69) is 15.0 Å². The van der Waals surface area contributed by atoms with Crippen molar-refractivity contribution in [1.29, 1.82) is 0 Å². The molecule has 0 aliphatic heterocycles. The second-order valence-corrected chi connectivity index (χ2v) is 4.72. The van der Waals surface area contributed by atoms with E-state index in [-0.39, 0.29) is 5.56 Å². The molecule has 72 valence electrons. The lowest BCUT2D eigenvalue weighted by molar-refractivity contribution is 1.09. The average molecular weight is 319 g/mol. The standard InChI is InChI=1S/C8H6IN3OS/c1-4-3-14-8(11-4)6-10-2-5(9)7(13)12-6/h2-3H,1H3,(H,10,12,13). The van der Waals surface area contributed by atoms with E-state index >= 15 is 0 Å². The van der Waals surface area contributed by atoms with E-state index in [0.717, 1.165) is 10.7 Å². The van der Waals surface area contributed by atoms with Gasteiger partial charge in [-0.05, 0) is 29.5 Å². The third-order valence-corrected chi connectivity index (χ3v) is 3.31. The Bertz CT molecular complexity index is 519. The maximum Gasteiger partial charge on any atom is 0.264 e.